The molecular formula is C13H14Cl2N4O. The van der Waals surface area contributed by atoms with Gasteiger partial charge in [-0.05, 0) is 25.8 Å². The molecule has 0 radical (unpaired) electrons. The maximum absolute atomic E-state index is 6.19. The third-order valence-electron chi connectivity index (χ3n) is 3.48. The lowest BCUT2D eigenvalue weighted by Gasteiger charge is -2.31. The molecule has 2 aromatic rings. The van der Waals surface area contributed by atoms with Gasteiger partial charge in [0.15, 0.2) is 5.82 Å². The zero-order valence-corrected chi connectivity index (χ0v) is 12.5. The fraction of sp³-hybridized carbons (Fsp3) is 0.462. The van der Waals surface area contributed by atoms with Crippen LogP contribution in [0.25, 0.3) is 0 Å². The summed E-state index contributed by atoms with van der Waals surface area (Å²) in [4.78, 5) is 10.8. The lowest BCUT2D eigenvalue weighted by Crippen LogP contribution is -2.33. The highest BCUT2D eigenvalue weighted by Gasteiger charge is 2.26. The molecule has 20 heavy (non-hydrogen) atoms. The number of halogens is 2. The number of anilines is 1. The number of aromatic nitrogens is 3. The minimum absolute atomic E-state index is 0.318. The molecule has 0 aromatic carbocycles. The van der Waals surface area contributed by atoms with Crippen LogP contribution in [0.5, 0.6) is 0 Å². The zero-order chi connectivity index (χ0) is 14.1. The van der Waals surface area contributed by atoms with Gasteiger partial charge in [-0.25, -0.2) is 4.98 Å². The average Bonchev–Trinajstić information content (AvgIpc) is 2.86. The molecule has 0 amide bonds. The van der Waals surface area contributed by atoms with E-state index < -0.39 is 0 Å². The van der Waals surface area contributed by atoms with Gasteiger partial charge >= 0.3 is 0 Å². The van der Waals surface area contributed by atoms with Crippen molar-refractivity contribution >= 4 is 29.0 Å². The van der Waals surface area contributed by atoms with Crippen LogP contribution in [0.15, 0.2) is 16.8 Å². The van der Waals surface area contributed by atoms with Crippen LogP contribution in [0.2, 0.25) is 10.0 Å². The van der Waals surface area contributed by atoms with Gasteiger partial charge in [-0.2, -0.15) is 4.98 Å². The Morgan fingerprint density at radius 2 is 2.05 bits per heavy atom. The van der Waals surface area contributed by atoms with Crippen LogP contribution in [0.1, 0.15) is 30.5 Å². The first kappa shape index (κ1) is 13.6. The van der Waals surface area contributed by atoms with E-state index in [1.807, 2.05) is 6.92 Å². The smallest absolute Gasteiger partial charge is 0.229 e. The van der Waals surface area contributed by atoms with Crippen molar-refractivity contribution in [1.82, 2.24) is 15.1 Å². The second-order valence-electron chi connectivity index (χ2n) is 4.90. The van der Waals surface area contributed by atoms with Crippen LogP contribution in [0.3, 0.4) is 0 Å². The van der Waals surface area contributed by atoms with Crippen LogP contribution in [0.4, 0.5) is 5.82 Å². The summed E-state index contributed by atoms with van der Waals surface area (Å²) in [6.45, 7) is 3.56. The summed E-state index contributed by atoms with van der Waals surface area (Å²) >= 11 is 12.1. The molecule has 0 unspecified atom stereocenters. The van der Waals surface area contributed by atoms with Crippen molar-refractivity contribution < 1.29 is 4.52 Å². The molecule has 0 saturated carbocycles. The van der Waals surface area contributed by atoms with E-state index >= 15 is 0 Å². The molecular weight excluding hydrogens is 299 g/mol. The van der Waals surface area contributed by atoms with Crippen LogP contribution in [0, 0.1) is 6.92 Å². The van der Waals surface area contributed by atoms with Gasteiger partial charge in [-0.1, -0.05) is 28.4 Å². The quantitative estimate of drug-likeness (QED) is 0.850. The Labute approximate surface area is 126 Å². The van der Waals surface area contributed by atoms with Crippen molar-refractivity contribution in [3.63, 3.8) is 0 Å². The van der Waals surface area contributed by atoms with Crippen molar-refractivity contribution in [1.29, 1.82) is 0 Å². The molecule has 1 aliphatic heterocycles. The van der Waals surface area contributed by atoms with Crippen molar-refractivity contribution in [2.24, 2.45) is 0 Å². The van der Waals surface area contributed by atoms with Crippen molar-refractivity contribution in [3.8, 4) is 0 Å². The molecule has 1 aliphatic rings. The van der Waals surface area contributed by atoms with E-state index in [1.54, 1.807) is 12.3 Å². The number of hydrogen-bond acceptors (Lipinski definition) is 5. The maximum Gasteiger partial charge on any atom is 0.229 e. The summed E-state index contributed by atoms with van der Waals surface area (Å²) in [6, 6.07) is 1.72. The minimum Gasteiger partial charge on any atom is -0.355 e. The lowest BCUT2D eigenvalue weighted by molar-refractivity contribution is 0.327. The van der Waals surface area contributed by atoms with Gasteiger partial charge in [-0.15, -0.1) is 0 Å². The van der Waals surface area contributed by atoms with Crippen LogP contribution < -0.4 is 4.90 Å². The average molecular weight is 313 g/mol. The summed E-state index contributed by atoms with van der Waals surface area (Å²) in [7, 11) is 0. The molecule has 1 fully saturated rings. The van der Waals surface area contributed by atoms with E-state index in [2.05, 4.69) is 20.0 Å². The molecule has 1 saturated heterocycles. The largest absolute Gasteiger partial charge is 0.355 e. The SMILES string of the molecule is Cc1noc(C2CCN(c3ncc(Cl)cc3Cl)CC2)n1. The zero-order valence-electron chi connectivity index (χ0n) is 11.0. The fourth-order valence-electron chi connectivity index (χ4n) is 2.46. The molecule has 0 aliphatic carbocycles. The summed E-state index contributed by atoms with van der Waals surface area (Å²) in [5, 5.41) is 4.98. The molecule has 5 nitrogen and oxygen atoms in total. The predicted molar refractivity (Wildman–Crippen MR) is 77.5 cm³/mol. The second-order valence-corrected chi connectivity index (χ2v) is 5.74. The normalized spacial score (nSPS) is 16.6. The van der Waals surface area contributed by atoms with E-state index in [0.717, 1.165) is 37.6 Å². The first-order valence-corrected chi connectivity index (χ1v) is 7.25. The molecule has 106 valence electrons. The summed E-state index contributed by atoms with van der Waals surface area (Å²) in [6.07, 6.45) is 3.51. The van der Waals surface area contributed by atoms with Gasteiger partial charge in [0, 0.05) is 25.2 Å². The van der Waals surface area contributed by atoms with E-state index in [0.29, 0.717) is 21.8 Å². The maximum atomic E-state index is 6.19. The molecule has 0 atom stereocenters. The molecule has 0 N–H and O–H groups in total. The standard InChI is InChI=1S/C13H14Cl2N4O/c1-8-17-13(20-18-8)9-2-4-19(5-3-9)12-11(15)6-10(14)7-16-12/h6-7,9H,2-5H2,1H3. The summed E-state index contributed by atoms with van der Waals surface area (Å²) in [5.41, 5.74) is 0. The van der Waals surface area contributed by atoms with Crippen molar-refractivity contribution in [2.45, 2.75) is 25.7 Å². The number of rotatable bonds is 2. The third kappa shape index (κ3) is 2.74. The van der Waals surface area contributed by atoms with Gasteiger partial charge < -0.3 is 9.42 Å². The van der Waals surface area contributed by atoms with Gasteiger partial charge in [0.2, 0.25) is 5.89 Å². The Bertz CT molecular complexity index is 608. The van der Waals surface area contributed by atoms with Crippen LogP contribution in [-0.4, -0.2) is 28.2 Å². The molecule has 0 spiro atoms. The highest BCUT2D eigenvalue weighted by Crippen LogP contribution is 2.32. The summed E-state index contributed by atoms with van der Waals surface area (Å²) in [5.74, 6) is 2.52. The monoisotopic (exact) mass is 312 g/mol. The van der Waals surface area contributed by atoms with E-state index in [-0.39, 0.29) is 0 Å². The number of piperidine rings is 1. The first-order chi connectivity index (χ1) is 9.63. The third-order valence-corrected chi connectivity index (χ3v) is 3.96. The van der Waals surface area contributed by atoms with Crippen LogP contribution >= 0.6 is 23.2 Å². The Kier molecular flexibility index (Phi) is 3.81. The number of hydrogen-bond donors (Lipinski definition) is 0. The highest BCUT2D eigenvalue weighted by atomic mass is 35.5. The lowest BCUT2D eigenvalue weighted by atomic mass is 9.97. The minimum atomic E-state index is 0.318. The van der Waals surface area contributed by atoms with Crippen molar-refractivity contribution in [2.75, 3.05) is 18.0 Å². The Morgan fingerprint density at radius 3 is 2.65 bits per heavy atom. The Hall–Kier alpha value is -1.33. The molecule has 3 rings (SSSR count). The molecule has 2 aromatic heterocycles. The fourth-order valence-corrected chi connectivity index (χ4v) is 2.96. The molecule has 3 heterocycles. The van der Waals surface area contributed by atoms with Gasteiger partial charge in [0.25, 0.3) is 0 Å². The predicted octanol–water partition coefficient (Wildman–Crippen LogP) is 3.46. The molecule has 7 heteroatoms. The van der Waals surface area contributed by atoms with E-state index in [1.165, 1.54) is 0 Å². The Morgan fingerprint density at radius 1 is 1.30 bits per heavy atom. The first-order valence-electron chi connectivity index (χ1n) is 6.49. The molecule has 0 bridgehead atoms. The summed E-state index contributed by atoms with van der Waals surface area (Å²) < 4.78 is 5.25. The van der Waals surface area contributed by atoms with Crippen molar-refractivity contribution in [3.05, 3.63) is 34.0 Å². The highest BCUT2D eigenvalue weighted by molar-refractivity contribution is 6.36. The number of pyridine rings is 1. The second kappa shape index (κ2) is 5.58. The number of aryl methyl sites for hydroxylation is 1. The van der Waals surface area contributed by atoms with E-state index in [9.17, 15) is 0 Å². The Balaban J connectivity index is 1.69. The number of nitrogens with zero attached hydrogens (tertiary/aromatic N) is 4. The van der Waals surface area contributed by atoms with Gasteiger partial charge in [-0.3, -0.25) is 0 Å². The van der Waals surface area contributed by atoms with Gasteiger partial charge in [0.05, 0.1) is 10.0 Å². The topological polar surface area (TPSA) is 55.1 Å². The van der Waals surface area contributed by atoms with E-state index in [4.69, 9.17) is 27.7 Å². The van der Waals surface area contributed by atoms with Gasteiger partial charge in [0.1, 0.15) is 5.82 Å². The van der Waals surface area contributed by atoms with Crippen LogP contribution in [-0.2, 0) is 0 Å².